The van der Waals surface area contributed by atoms with Crippen molar-refractivity contribution in [3.05, 3.63) is 28.3 Å². The van der Waals surface area contributed by atoms with Crippen LogP contribution in [0.25, 0.3) is 11.2 Å². The second-order valence-electron chi connectivity index (χ2n) is 13.7. The molecule has 11 nitrogen and oxygen atoms in total. The third kappa shape index (κ3) is 18.4. The lowest BCUT2D eigenvalue weighted by Crippen LogP contribution is -2.38. The molecule has 2 aromatic heterocycles. The van der Waals surface area contributed by atoms with Gasteiger partial charge in [-0.25, -0.2) is 4.98 Å². The first-order valence-corrected chi connectivity index (χ1v) is 19.2. The normalized spacial score (nSPS) is 13.6. The summed E-state index contributed by atoms with van der Waals surface area (Å²) in [6.45, 7) is 6.43. The van der Waals surface area contributed by atoms with Gasteiger partial charge in [0.25, 0.3) is 5.56 Å². The molecule has 0 aliphatic carbocycles. The van der Waals surface area contributed by atoms with Crippen molar-refractivity contribution in [2.45, 2.75) is 162 Å². The van der Waals surface area contributed by atoms with Gasteiger partial charge >= 0.3 is 11.9 Å². The second-order valence-corrected chi connectivity index (χ2v) is 13.7. The molecule has 2 rings (SSSR count). The van der Waals surface area contributed by atoms with E-state index in [0.717, 1.165) is 25.7 Å². The molecule has 0 radical (unpaired) electrons. The Morgan fingerprint density at radius 3 is 2.02 bits per heavy atom. The molecule has 278 valence electrons. The summed E-state index contributed by atoms with van der Waals surface area (Å²) in [4.78, 5) is 51.1. The van der Waals surface area contributed by atoms with E-state index in [2.05, 4.69) is 39.0 Å². The number of rotatable bonds is 29. The molecule has 0 saturated heterocycles. The third-order valence-corrected chi connectivity index (χ3v) is 9.33. The number of nitrogen functional groups attached to an aromatic ring is 1. The molecule has 0 aliphatic heterocycles. The van der Waals surface area contributed by atoms with E-state index in [1.165, 1.54) is 89.9 Å². The fourth-order valence-electron chi connectivity index (χ4n) is 5.83. The van der Waals surface area contributed by atoms with Crippen molar-refractivity contribution in [3.63, 3.8) is 0 Å². The maximum atomic E-state index is 12.6. The molecule has 2 heterocycles. The number of fused-ring (bicyclic) bond motifs is 1. The number of ether oxygens (including phenoxy) is 2. The minimum Gasteiger partial charge on any atom is -0.465 e. The van der Waals surface area contributed by atoms with Gasteiger partial charge in [-0.1, -0.05) is 116 Å². The topological polar surface area (TPSA) is 179 Å². The Hall–Kier alpha value is -3.21. The van der Waals surface area contributed by atoms with E-state index in [4.69, 9.17) is 20.9 Å². The standard InChI is InChI=1S/C38H66N6O5/c1-4-6-7-8-9-10-11-12-13-14-15-16-17-18-19-20-21-22-23-24-32(45)49-28-30(25-26-48-37(47)33(39)29(3)5-2)27-31-41-34-35(42-31)43-38(40)44-36(34)46/h12-13,29-30,33H,4-11,14-28,39H2,1-3H3,(H4,40,41,42,43,44,46)/t29-,30?,33-/m0/s1. The highest BCUT2D eigenvalue weighted by Gasteiger charge is 2.22. The first-order valence-electron chi connectivity index (χ1n) is 19.2. The number of hydrogen-bond donors (Lipinski definition) is 4. The van der Waals surface area contributed by atoms with Gasteiger partial charge in [-0.3, -0.25) is 19.4 Å². The van der Waals surface area contributed by atoms with Crippen LogP contribution in [0.2, 0.25) is 0 Å². The fourth-order valence-corrected chi connectivity index (χ4v) is 5.83. The molecule has 0 saturated carbocycles. The smallest absolute Gasteiger partial charge is 0.323 e. The van der Waals surface area contributed by atoms with Crippen LogP contribution in [0.15, 0.2) is 16.9 Å². The highest BCUT2D eigenvalue weighted by Crippen LogP contribution is 2.17. The molecular weight excluding hydrogens is 620 g/mol. The van der Waals surface area contributed by atoms with Gasteiger partial charge in [-0.15, -0.1) is 0 Å². The van der Waals surface area contributed by atoms with Crippen molar-refractivity contribution in [1.82, 2.24) is 19.9 Å². The summed E-state index contributed by atoms with van der Waals surface area (Å²) in [6.07, 6.45) is 27.9. The Labute approximate surface area is 294 Å². The van der Waals surface area contributed by atoms with Gasteiger partial charge in [-0.2, -0.15) is 4.98 Å². The van der Waals surface area contributed by atoms with Crippen LogP contribution in [0.4, 0.5) is 5.95 Å². The van der Waals surface area contributed by atoms with Crippen molar-refractivity contribution in [3.8, 4) is 0 Å². The van der Waals surface area contributed by atoms with Crippen LogP contribution in [0.5, 0.6) is 0 Å². The number of anilines is 1. The van der Waals surface area contributed by atoms with E-state index < -0.39 is 17.6 Å². The summed E-state index contributed by atoms with van der Waals surface area (Å²) in [7, 11) is 0. The molecule has 49 heavy (non-hydrogen) atoms. The lowest BCUT2D eigenvalue weighted by atomic mass is 10.0. The zero-order valence-electron chi connectivity index (χ0n) is 30.7. The lowest BCUT2D eigenvalue weighted by molar-refractivity contribution is -0.149. The maximum Gasteiger partial charge on any atom is 0.323 e. The van der Waals surface area contributed by atoms with E-state index in [1.54, 1.807) is 0 Å². The SMILES string of the molecule is CCCCCCCCC=CCCCCCCCCCCCC(=O)OCC(CCOC(=O)[C@@H](N)[C@@H](C)CC)Cc1nc2nc(N)[nH]c(=O)c2[nH]1. The molecule has 6 N–H and O–H groups in total. The van der Waals surface area contributed by atoms with Gasteiger partial charge in [0.15, 0.2) is 11.2 Å². The van der Waals surface area contributed by atoms with Gasteiger partial charge in [0, 0.05) is 18.8 Å². The monoisotopic (exact) mass is 687 g/mol. The molecule has 0 spiro atoms. The number of hydrogen-bond acceptors (Lipinski definition) is 9. The molecule has 11 heteroatoms. The fraction of sp³-hybridized carbons (Fsp3) is 0.763. The zero-order chi connectivity index (χ0) is 35.7. The Bertz CT molecular complexity index is 1280. The predicted molar refractivity (Wildman–Crippen MR) is 198 cm³/mol. The number of allylic oxidation sites excluding steroid dienone is 2. The third-order valence-electron chi connectivity index (χ3n) is 9.33. The molecule has 0 aliphatic rings. The van der Waals surface area contributed by atoms with Crippen LogP contribution in [-0.4, -0.2) is 51.1 Å². The number of carbonyl (C=O) groups excluding carboxylic acids is 2. The van der Waals surface area contributed by atoms with Crippen LogP contribution >= 0.6 is 0 Å². The lowest BCUT2D eigenvalue weighted by Gasteiger charge is -2.19. The number of esters is 2. The van der Waals surface area contributed by atoms with Crippen molar-refractivity contribution in [1.29, 1.82) is 0 Å². The number of aromatic amines is 2. The summed E-state index contributed by atoms with van der Waals surface area (Å²) in [5.74, 6) is -0.371. The van der Waals surface area contributed by atoms with E-state index in [9.17, 15) is 14.4 Å². The number of H-pyrrole nitrogens is 2. The second kappa shape index (κ2) is 25.7. The first-order chi connectivity index (χ1) is 23.7. The molecule has 0 fully saturated rings. The van der Waals surface area contributed by atoms with Crippen LogP contribution in [0.1, 0.15) is 155 Å². The maximum absolute atomic E-state index is 12.6. The van der Waals surface area contributed by atoms with Gasteiger partial charge in [0.05, 0.1) is 13.2 Å². The van der Waals surface area contributed by atoms with Gasteiger partial charge < -0.3 is 25.9 Å². The minimum atomic E-state index is -0.684. The van der Waals surface area contributed by atoms with Crippen LogP contribution < -0.4 is 17.0 Å². The average Bonchev–Trinajstić information content (AvgIpc) is 3.49. The number of nitrogens with one attached hydrogen (secondary N) is 2. The van der Waals surface area contributed by atoms with Crippen molar-refractivity contribution < 1.29 is 19.1 Å². The van der Waals surface area contributed by atoms with E-state index in [-0.39, 0.29) is 48.1 Å². The minimum absolute atomic E-state index is 0.0137. The molecule has 0 aromatic carbocycles. The number of nitrogens with zero attached hydrogens (tertiary/aromatic N) is 2. The molecule has 0 amide bonds. The summed E-state index contributed by atoms with van der Waals surface area (Å²) in [5.41, 5.74) is 11.7. The molecule has 0 bridgehead atoms. The van der Waals surface area contributed by atoms with Gasteiger partial charge in [0.1, 0.15) is 11.9 Å². The molecule has 2 aromatic rings. The number of unbranched alkanes of at least 4 members (excludes halogenated alkanes) is 15. The van der Waals surface area contributed by atoms with Gasteiger partial charge in [-0.05, 0) is 44.4 Å². The summed E-state index contributed by atoms with van der Waals surface area (Å²) in [5, 5.41) is 0. The van der Waals surface area contributed by atoms with Gasteiger partial charge in [0.2, 0.25) is 5.95 Å². The summed E-state index contributed by atoms with van der Waals surface area (Å²) < 4.78 is 11.1. The Morgan fingerprint density at radius 1 is 0.816 bits per heavy atom. The number of aromatic nitrogens is 4. The summed E-state index contributed by atoms with van der Waals surface area (Å²) in [6, 6.07) is -0.684. The Morgan fingerprint density at radius 2 is 1.41 bits per heavy atom. The first kappa shape index (κ1) is 42.0. The van der Waals surface area contributed by atoms with Crippen molar-refractivity contribution >= 4 is 29.1 Å². The van der Waals surface area contributed by atoms with Crippen molar-refractivity contribution in [2.24, 2.45) is 17.6 Å². The number of nitrogens with two attached hydrogens (primary N) is 2. The van der Waals surface area contributed by atoms with E-state index in [1.807, 2.05) is 13.8 Å². The van der Waals surface area contributed by atoms with Crippen molar-refractivity contribution in [2.75, 3.05) is 18.9 Å². The zero-order valence-corrected chi connectivity index (χ0v) is 30.7. The van der Waals surface area contributed by atoms with Crippen LogP contribution in [-0.2, 0) is 25.5 Å². The highest BCUT2D eigenvalue weighted by atomic mass is 16.5. The van der Waals surface area contributed by atoms with Crippen LogP contribution in [0, 0.1) is 11.8 Å². The Balaban J connectivity index is 1.61. The van der Waals surface area contributed by atoms with E-state index >= 15 is 0 Å². The Kier molecular flexibility index (Phi) is 22.0. The summed E-state index contributed by atoms with van der Waals surface area (Å²) >= 11 is 0. The highest BCUT2D eigenvalue weighted by molar-refractivity contribution is 5.75. The molecule has 1 unspecified atom stereocenters. The average molecular weight is 687 g/mol. The van der Waals surface area contributed by atoms with E-state index in [0.29, 0.717) is 25.1 Å². The molecular formula is C38H66N6O5. The van der Waals surface area contributed by atoms with Crippen LogP contribution in [0.3, 0.4) is 0 Å². The number of carbonyl (C=O) groups is 2. The quantitative estimate of drug-likeness (QED) is 0.0377. The number of imidazole rings is 1. The molecule has 3 atom stereocenters. The predicted octanol–water partition coefficient (Wildman–Crippen LogP) is 7.83. The largest absolute Gasteiger partial charge is 0.465 e.